The zero-order valence-electron chi connectivity index (χ0n) is 11.6. The second-order valence-electron chi connectivity index (χ2n) is 5.50. The largest absolute Gasteiger partial charge is 0.314 e. The fourth-order valence-corrected chi connectivity index (χ4v) is 3.34. The average molecular weight is 284 g/mol. The molecule has 0 aliphatic heterocycles. The summed E-state index contributed by atoms with van der Waals surface area (Å²) in [7, 11) is 0. The molecule has 1 aromatic rings. The van der Waals surface area contributed by atoms with Gasteiger partial charge in [-0.05, 0) is 55.5 Å². The van der Waals surface area contributed by atoms with E-state index in [1.165, 1.54) is 38.2 Å². The van der Waals surface area contributed by atoms with Gasteiger partial charge < -0.3 is 5.32 Å². The molecule has 2 rings (SSSR count). The van der Waals surface area contributed by atoms with Gasteiger partial charge in [0.2, 0.25) is 0 Å². The standard InChI is InChI=1S/C16H23ClFN/c1-2-19-16(12-6-4-3-5-7-12)11-13-10-14(18)8-9-15(13)17/h8-10,12,16,19H,2-7,11H2,1H3. The summed E-state index contributed by atoms with van der Waals surface area (Å²) in [5, 5.41) is 4.25. The van der Waals surface area contributed by atoms with Crippen molar-refractivity contribution in [1.82, 2.24) is 5.32 Å². The molecule has 1 saturated carbocycles. The summed E-state index contributed by atoms with van der Waals surface area (Å²) >= 11 is 6.18. The quantitative estimate of drug-likeness (QED) is 0.834. The predicted octanol–water partition coefficient (Wildman–Crippen LogP) is 4.58. The Labute approximate surface area is 120 Å². The van der Waals surface area contributed by atoms with Gasteiger partial charge in [-0.1, -0.05) is 37.8 Å². The molecular weight excluding hydrogens is 261 g/mol. The van der Waals surface area contributed by atoms with Gasteiger partial charge in [0.05, 0.1) is 0 Å². The molecule has 1 aliphatic carbocycles. The maximum Gasteiger partial charge on any atom is 0.123 e. The molecule has 1 N–H and O–H groups in total. The molecule has 0 bridgehead atoms. The van der Waals surface area contributed by atoms with Crippen molar-refractivity contribution < 1.29 is 4.39 Å². The molecule has 0 amide bonds. The fourth-order valence-electron chi connectivity index (χ4n) is 3.14. The number of rotatable bonds is 5. The molecule has 1 fully saturated rings. The van der Waals surface area contributed by atoms with Gasteiger partial charge in [-0.3, -0.25) is 0 Å². The molecule has 1 nitrogen and oxygen atoms in total. The smallest absolute Gasteiger partial charge is 0.123 e. The van der Waals surface area contributed by atoms with Crippen molar-refractivity contribution in [3.8, 4) is 0 Å². The van der Waals surface area contributed by atoms with E-state index >= 15 is 0 Å². The Hall–Kier alpha value is -0.600. The van der Waals surface area contributed by atoms with Crippen molar-refractivity contribution in [1.29, 1.82) is 0 Å². The van der Waals surface area contributed by atoms with Crippen LogP contribution < -0.4 is 5.32 Å². The monoisotopic (exact) mass is 283 g/mol. The van der Waals surface area contributed by atoms with Crippen molar-refractivity contribution in [3.05, 3.63) is 34.6 Å². The highest BCUT2D eigenvalue weighted by molar-refractivity contribution is 6.31. The minimum Gasteiger partial charge on any atom is -0.314 e. The molecule has 19 heavy (non-hydrogen) atoms. The van der Waals surface area contributed by atoms with Crippen LogP contribution in [0.15, 0.2) is 18.2 Å². The molecule has 0 aromatic heterocycles. The first kappa shape index (κ1) is 14.8. The molecule has 1 unspecified atom stereocenters. The number of benzene rings is 1. The maximum absolute atomic E-state index is 13.3. The lowest BCUT2D eigenvalue weighted by Gasteiger charge is -2.31. The van der Waals surface area contributed by atoms with Crippen molar-refractivity contribution in [2.75, 3.05) is 6.54 Å². The van der Waals surface area contributed by atoms with Crippen molar-refractivity contribution in [2.45, 2.75) is 51.5 Å². The number of nitrogens with one attached hydrogen (secondary N) is 1. The van der Waals surface area contributed by atoms with Gasteiger partial charge in [-0.25, -0.2) is 4.39 Å². The van der Waals surface area contributed by atoms with E-state index in [4.69, 9.17) is 11.6 Å². The van der Waals surface area contributed by atoms with Crippen molar-refractivity contribution >= 4 is 11.6 Å². The van der Waals surface area contributed by atoms with E-state index in [2.05, 4.69) is 12.2 Å². The molecule has 0 heterocycles. The Morgan fingerprint density at radius 3 is 2.74 bits per heavy atom. The number of hydrogen-bond acceptors (Lipinski definition) is 1. The van der Waals surface area contributed by atoms with Gasteiger partial charge in [0.25, 0.3) is 0 Å². The summed E-state index contributed by atoms with van der Waals surface area (Å²) in [6, 6.07) is 5.09. The molecule has 1 aromatic carbocycles. The third-order valence-corrected chi connectivity index (χ3v) is 4.50. The van der Waals surface area contributed by atoms with Crippen LogP contribution in [0.5, 0.6) is 0 Å². The second-order valence-corrected chi connectivity index (χ2v) is 5.91. The Kier molecular flexibility index (Phi) is 5.65. The van der Waals surface area contributed by atoms with Crippen LogP contribution >= 0.6 is 11.6 Å². The maximum atomic E-state index is 13.3. The summed E-state index contributed by atoms with van der Waals surface area (Å²) in [6.07, 6.45) is 7.40. The predicted molar refractivity (Wildman–Crippen MR) is 79.2 cm³/mol. The molecule has 3 heteroatoms. The first-order valence-electron chi connectivity index (χ1n) is 7.38. The highest BCUT2D eigenvalue weighted by Gasteiger charge is 2.23. The summed E-state index contributed by atoms with van der Waals surface area (Å²) in [5.74, 6) is 0.506. The van der Waals surface area contributed by atoms with E-state index in [9.17, 15) is 4.39 Å². The van der Waals surface area contributed by atoms with Gasteiger partial charge in [0.1, 0.15) is 5.82 Å². The number of hydrogen-bond donors (Lipinski definition) is 1. The molecule has 0 saturated heterocycles. The van der Waals surface area contributed by atoms with E-state index in [-0.39, 0.29) is 5.82 Å². The van der Waals surface area contributed by atoms with Crippen LogP contribution in [0.4, 0.5) is 4.39 Å². The third-order valence-electron chi connectivity index (χ3n) is 4.13. The molecule has 1 aliphatic rings. The SMILES string of the molecule is CCNC(Cc1cc(F)ccc1Cl)C1CCCCC1. The molecule has 0 radical (unpaired) electrons. The summed E-state index contributed by atoms with van der Waals surface area (Å²) in [6.45, 7) is 3.08. The van der Waals surface area contributed by atoms with E-state index in [0.29, 0.717) is 17.0 Å². The van der Waals surface area contributed by atoms with Crippen molar-refractivity contribution in [2.24, 2.45) is 5.92 Å². The van der Waals surface area contributed by atoms with Crippen LogP contribution in [-0.2, 0) is 6.42 Å². The number of halogens is 2. The fraction of sp³-hybridized carbons (Fsp3) is 0.625. The zero-order valence-corrected chi connectivity index (χ0v) is 12.3. The lowest BCUT2D eigenvalue weighted by atomic mass is 9.81. The van der Waals surface area contributed by atoms with Gasteiger partial charge >= 0.3 is 0 Å². The number of likely N-dealkylation sites (N-methyl/N-ethyl adjacent to an activating group) is 1. The second kappa shape index (κ2) is 7.25. The summed E-state index contributed by atoms with van der Waals surface area (Å²) in [4.78, 5) is 0. The van der Waals surface area contributed by atoms with Crippen LogP contribution in [0.2, 0.25) is 5.02 Å². The van der Waals surface area contributed by atoms with E-state index in [1.807, 2.05) is 0 Å². The molecular formula is C16H23ClFN. The highest BCUT2D eigenvalue weighted by Crippen LogP contribution is 2.29. The Morgan fingerprint density at radius 2 is 2.05 bits per heavy atom. The first-order chi connectivity index (χ1) is 9.20. The topological polar surface area (TPSA) is 12.0 Å². The van der Waals surface area contributed by atoms with Crippen LogP contribution in [-0.4, -0.2) is 12.6 Å². The lowest BCUT2D eigenvalue weighted by molar-refractivity contribution is 0.269. The normalized spacial score (nSPS) is 18.5. The first-order valence-corrected chi connectivity index (χ1v) is 7.75. The van der Waals surface area contributed by atoms with Crippen LogP contribution in [0.3, 0.4) is 0 Å². The van der Waals surface area contributed by atoms with E-state index < -0.39 is 0 Å². The minimum absolute atomic E-state index is 0.196. The van der Waals surface area contributed by atoms with Gasteiger partial charge in [0.15, 0.2) is 0 Å². The summed E-state index contributed by atoms with van der Waals surface area (Å²) in [5.41, 5.74) is 0.929. The molecule has 106 valence electrons. The Balaban J connectivity index is 2.08. The third kappa shape index (κ3) is 4.19. The summed E-state index contributed by atoms with van der Waals surface area (Å²) < 4.78 is 13.3. The molecule has 0 spiro atoms. The van der Waals surface area contributed by atoms with Crippen LogP contribution in [0.25, 0.3) is 0 Å². The van der Waals surface area contributed by atoms with Gasteiger partial charge in [0, 0.05) is 11.1 Å². The van der Waals surface area contributed by atoms with Gasteiger partial charge in [-0.2, -0.15) is 0 Å². The van der Waals surface area contributed by atoms with Crippen LogP contribution in [0.1, 0.15) is 44.6 Å². The highest BCUT2D eigenvalue weighted by atomic mass is 35.5. The van der Waals surface area contributed by atoms with Gasteiger partial charge in [-0.15, -0.1) is 0 Å². The average Bonchev–Trinajstić information content (AvgIpc) is 2.43. The molecule has 1 atom stereocenters. The zero-order chi connectivity index (χ0) is 13.7. The Morgan fingerprint density at radius 1 is 1.32 bits per heavy atom. The van der Waals surface area contributed by atoms with Crippen LogP contribution in [0, 0.1) is 11.7 Å². The minimum atomic E-state index is -0.196. The van der Waals surface area contributed by atoms with Crippen molar-refractivity contribution in [3.63, 3.8) is 0 Å². The lowest BCUT2D eigenvalue weighted by Crippen LogP contribution is -2.39. The van der Waals surface area contributed by atoms with E-state index in [0.717, 1.165) is 18.5 Å². The Bertz CT molecular complexity index is 402. The van der Waals surface area contributed by atoms with E-state index in [1.54, 1.807) is 12.1 Å².